The number of phenols is 1. The van der Waals surface area contributed by atoms with Gasteiger partial charge in [-0.15, -0.1) is 0 Å². The van der Waals surface area contributed by atoms with Crippen molar-refractivity contribution in [2.24, 2.45) is 0 Å². The molecule has 1 saturated carbocycles. The average molecular weight is 493 g/mol. The zero-order valence-electron chi connectivity index (χ0n) is 19.7. The van der Waals surface area contributed by atoms with E-state index in [1.165, 1.54) is 24.2 Å². The highest BCUT2D eigenvalue weighted by molar-refractivity contribution is 6.31. The van der Waals surface area contributed by atoms with Crippen LogP contribution in [0.25, 0.3) is 10.9 Å². The van der Waals surface area contributed by atoms with E-state index in [-0.39, 0.29) is 17.7 Å². The van der Waals surface area contributed by atoms with Gasteiger partial charge in [0.2, 0.25) is 0 Å². The molecule has 6 rings (SSSR count). The molecular formula is C27H29ClN4O3. The highest BCUT2D eigenvalue weighted by Gasteiger charge is 2.60. The fourth-order valence-corrected chi connectivity index (χ4v) is 6.05. The van der Waals surface area contributed by atoms with Crippen molar-refractivity contribution in [3.05, 3.63) is 64.3 Å². The number of amides is 3. The number of aromatic hydroxyl groups is 1. The number of H-pyrrole nitrogens is 1. The minimum Gasteiger partial charge on any atom is -0.508 e. The molecule has 2 atom stereocenters. The molecule has 182 valence electrons. The second kappa shape index (κ2) is 8.28. The van der Waals surface area contributed by atoms with Crippen LogP contribution in [0, 0.1) is 0 Å². The van der Waals surface area contributed by atoms with Crippen molar-refractivity contribution in [2.45, 2.75) is 56.7 Å². The molecule has 7 nitrogen and oxygen atoms in total. The second-order valence-corrected chi connectivity index (χ2v) is 10.6. The second-order valence-electron chi connectivity index (χ2n) is 10.2. The molecule has 3 N–H and O–H groups in total. The molecule has 0 unspecified atom stereocenters. The zero-order valence-corrected chi connectivity index (χ0v) is 20.4. The molecule has 3 amide bonds. The number of carbonyl (C=O) groups excluding carboxylic acids is 2. The summed E-state index contributed by atoms with van der Waals surface area (Å²) in [6.45, 7) is 3.04. The lowest BCUT2D eigenvalue weighted by molar-refractivity contribution is -0.133. The molecule has 35 heavy (non-hydrogen) atoms. The number of nitrogens with zero attached hydrogens (tertiary/aromatic N) is 2. The van der Waals surface area contributed by atoms with Crippen molar-refractivity contribution in [2.75, 3.05) is 13.1 Å². The minimum atomic E-state index is -1.03. The molecule has 0 spiro atoms. The number of phenolic OH excluding ortho intramolecular Hbond substituents is 1. The Morgan fingerprint density at radius 3 is 2.77 bits per heavy atom. The zero-order chi connectivity index (χ0) is 24.3. The topological polar surface area (TPSA) is 88.7 Å². The number of urea groups is 1. The van der Waals surface area contributed by atoms with E-state index in [0.29, 0.717) is 24.0 Å². The number of hydrogen-bond donors (Lipinski definition) is 3. The quantitative estimate of drug-likeness (QED) is 0.343. The maximum Gasteiger partial charge on any atom is 0.328 e. The molecule has 1 aromatic heterocycles. The number of halogens is 1. The predicted molar refractivity (Wildman–Crippen MR) is 135 cm³/mol. The van der Waals surface area contributed by atoms with E-state index in [2.05, 4.69) is 10.3 Å². The highest BCUT2D eigenvalue weighted by Crippen LogP contribution is 2.49. The summed E-state index contributed by atoms with van der Waals surface area (Å²) >= 11 is 6.33. The van der Waals surface area contributed by atoms with Gasteiger partial charge in [0.25, 0.3) is 5.91 Å². The van der Waals surface area contributed by atoms with Gasteiger partial charge < -0.3 is 15.4 Å². The lowest BCUT2D eigenvalue weighted by Crippen LogP contribution is -2.53. The molecule has 2 fully saturated rings. The Morgan fingerprint density at radius 2 is 2.03 bits per heavy atom. The Balaban J connectivity index is 1.40. The molecule has 2 aliphatic heterocycles. The summed E-state index contributed by atoms with van der Waals surface area (Å²) in [7, 11) is 0. The largest absolute Gasteiger partial charge is 0.508 e. The van der Waals surface area contributed by atoms with Crippen LogP contribution in [0.2, 0.25) is 5.02 Å². The molecule has 0 radical (unpaired) electrons. The van der Waals surface area contributed by atoms with Crippen molar-refractivity contribution in [3.8, 4) is 5.75 Å². The first kappa shape index (κ1) is 22.4. The van der Waals surface area contributed by atoms with Gasteiger partial charge in [0.05, 0.1) is 0 Å². The van der Waals surface area contributed by atoms with Gasteiger partial charge in [-0.2, -0.15) is 0 Å². The van der Waals surface area contributed by atoms with E-state index >= 15 is 0 Å². The van der Waals surface area contributed by atoms with Crippen LogP contribution in [0.15, 0.2) is 42.5 Å². The fourth-order valence-electron chi connectivity index (χ4n) is 5.88. The number of nitrogens with one attached hydrogen (secondary N) is 2. The Kier molecular flexibility index (Phi) is 5.31. The van der Waals surface area contributed by atoms with E-state index in [0.717, 1.165) is 40.7 Å². The third-order valence-electron chi connectivity index (χ3n) is 7.91. The molecule has 1 saturated heterocycles. The molecule has 1 aliphatic carbocycles. The maximum absolute atomic E-state index is 13.8. The number of aromatic amines is 1. The summed E-state index contributed by atoms with van der Waals surface area (Å²) < 4.78 is 0. The molecule has 8 heteroatoms. The van der Waals surface area contributed by atoms with E-state index in [1.807, 2.05) is 31.2 Å². The number of benzene rings is 2. The number of fused-ring (bicyclic) bond motifs is 4. The Labute approximate surface area is 209 Å². The first-order chi connectivity index (χ1) is 16.9. The molecule has 0 bridgehead atoms. The van der Waals surface area contributed by atoms with Crippen molar-refractivity contribution in [1.82, 2.24) is 20.1 Å². The Morgan fingerprint density at radius 1 is 1.20 bits per heavy atom. The van der Waals surface area contributed by atoms with Gasteiger partial charge in [0.15, 0.2) is 0 Å². The molecule has 3 heterocycles. The monoisotopic (exact) mass is 492 g/mol. The van der Waals surface area contributed by atoms with Crippen molar-refractivity contribution in [1.29, 1.82) is 0 Å². The van der Waals surface area contributed by atoms with Crippen molar-refractivity contribution in [3.63, 3.8) is 0 Å². The van der Waals surface area contributed by atoms with E-state index in [9.17, 15) is 14.7 Å². The Hall–Kier alpha value is -3.03. The van der Waals surface area contributed by atoms with Crippen LogP contribution in [0.3, 0.4) is 0 Å². The normalized spacial score (nSPS) is 24.1. The van der Waals surface area contributed by atoms with Crippen LogP contribution < -0.4 is 5.32 Å². The Bertz CT molecular complexity index is 1330. The van der Waals surface area contributed by atoms with Crippen LogP contribution in [0.5, 0.6) is 5.75 Å². The van der Waals surface area contributed by atoms with E-state index < -0.39 is 11.6 Å². The number of rotatable bonds is 6. The molecule has 3 aliphatic rings. The van der Waals surface area contributed by atoms with Gasteiger partial charge >= 0.3 is 6.03 Å². The number of aromatic nitrogens is 1. The molecule has 3 aromatic rings. The number of hydrogen-bond acceptors (Lipinski definition) is 4. The SMILES string of the molecule is C[C@@]12Cc3c([nH]c4ccc(Cl)cc34)[C@@H](c3cccc(O)c3)N1C(=O)N(CCCNC1CCC1)C2=O. The van der Waals surface area contributed by atoms with E-state index in [1.54, 1.807) is 23.1 Å². The predicted octanol–water partition coefficient (Wildman–Crippen LogP) is 4.73. The van der Waals surface area contributed by atoms with Gasteiger partial charge in [0.1, 0.15) is 17.3 Å². The molecular weight excluding hydrogens is 464 g/mol. The summed E-state index contributed by atoms with van der Waals surface area (Å²) in [4.78, 5) is 34.2. The van der Waals surface area contributed by atoms with Gasteiger partial charge in [-0.25, -0.2) is 4.79 Å². The summed E-state index contributed by atoms with van der Waals surface area (Å²) in [5.74, 6) is -0.0503. The van der Waals surface area contributed by atoms with Crippen molar-refractivity contribution >= 4 is 34.4 Å². The lowest BCUT2D eigenvalue weighted by atomic mass is 9.81. The number of carbonyl (C=O) groups is 2. The van der Waals surface area contributed by atoms with Crippen LogP contribution in [-0.2, 0) is 11.2 Å². The first-order valence-electron chi connectivity index (χ1n) is 12.3. The third-order valence-corrected chi connectivity index (χ3v) is 8.15. The summed E-state index contributed by atoms with van der Waals surface area (Å²) in [6, 6.07) is 12.4. The highest BCUT2D eigenvalue weighted by atomic mass is 35.5. The average Bonchev–Trinajstić information content (AvgIpc) is 3.23. The summed E-state index contributed by atoms with van der Waals surface area (Å²) in [5, 5.41) is 15.3. The van der Waals surface area contributed by atoms with Gasteiger partial charge in [0, 0.05) is 40.6 Å². The maximum atomic E-state index is 13.8. The van der Waals surface area contributed by atoms with E-state index in [4.69, 9.17) is 11.6 Å². The standard InChI is InChI=1S/C27H29ClN4O3/c1-27-15-21-20-14-17(28)9-10-22(20)30-23(21)24(16-5-2-8-19(33)13-16)32(27)26(35)31(25(27)34)12-4-11-29-18-6-3-7-18/h2,5,8-10,13-14,18,24,29-30,33H,3-4,6-7,11-12,15H2,1H3/t24-,27+/m1/s1. The summed E-state index contributed by atoms with van der Waals surface area (Å²) in [6.07, 6.45) is 4.80. The smallest absolute Gasteiger partial charge is 0.328 e. The lowest BCUT2D eigenvalue weighted by Gasteiger charge is -2.42. The number of imide groups is 1. The third kappa shape index (κ3) is 3.52. The first-order valence-corrected chi connectivity index (χ1v) is 12.7. The van der Waals surface area contributed by atoms with Crippen LogP contribution in [0.1, 0.15) is 55.5 Å². The fraction of sp³-hybridized carbons (Fsp3) is 0.407. The van der Waals surface area contributed by atoms with Gasteiger partial charge in [-0.1, -0.05) is 30.2 Å². The minimum absolute atomic E-state index is 0.118. The van der Waals surface area contributed by atoms with Crippen LogP contribution >= 0.6 is 11.6 Å². The van der Waals surface area contributed by atoms with Gasteiger partial charge in [-0.05, 0) is 74.2 Å². The van der Waals surface area contributed by atoms with Gasteiger partial charge in [-0.3, -0.25) is 14.6 Å². The molecule has 2 aromatic carbocycles. The van der Waals surface area contributed by atoms with Crippen LogP contribution in [-0.4, -0.2) is 56.5 Å². The van der Waals surface area contributed by atoms with Crippen LogP contribution in [0.4, 0.5) is 4.79 Å². The van der Waals surface area contributed by atoms with Crippen molar-refractivity contribution < 1.29 is 14.7 Å². The summed E-state index contributed by atoms with van der Waals surface area (Å²) in [5.41, 5.74) is 2.49.